The number of allylic oxidation sites excluding steroid dienone is 2. The van der Waals surface area contributed by atoms with Crippen molar-refractivity contribution in [3.63, 3.8) is 0 Å². The van der Waals surface area contributed by atoms with E-state index < -0.39 is 25.2 Å². The van der Waals surface area contributed by atoms with Crippen molar-refractivity contribution in [2.24, 2.45) is 0 Å². The number of unbranched alkanes of at least 4 members (excludes halogenated alkanes) is 2. The monoisotopic (exact) mass is 672 g/mol. The Kier molecular flexibility index (Phi) is 15.1. The van der Waals surface area contributed by atoms with Crippen LogP contribution in [0, 0.1) is 0 Å². The van der Waals surface area contributed by atoms with Gasteiger partial charge in [0.05, 0.1) is 23.3 Å². The molecule has 12 heteroatoms. The third kappa shape index (κ3) is 10.6. The van der Waals surface area contributed by atoms with E-state index in [1.54, 1.807) is 13.8 Å². The number of hydrogen-bond acceptors (Lipinski definition) is 8. The van der Waals surface area contributed by atoms with E-state index in [4.69, 9.17) is 65.4 Å². The summed E-state index contributed by atoms with van der Waals surface area (Å²) in [7, 11) is 0. The fraction of sp³-hybridized carbons (Fsp3) is 0.355. The lowest BCUT2D eigenvalue weighted by molar-refractivity contribution is -0.146. The maximum absolute atomic E-state index is 12.3. The summed E-state index contributed by atoms with van der Waals surface area (Å²) in [6, 6.07) is 5.85. The van der Waals surface area contributed by atoms with Crippen molar-refractivity contribution >= 4 is 69.9 Å². The molecule has 2 rings (SSSR count). The van der Waals surface area contributed by atoms with Crippen LogP contribution in [0.3, 0.4) is 0 Å². The molecule has 43 heavy (non-hydrogen) atoms. The van der Waals surface area contributed by atoms with Crippen LogP contribution in [0.1, 0.15) is 66.7 Å². The average Bonchev–Trinajstić information content (AvgIpc) is 3.00. The molecule has 0 unspecified atom stereocenters. The van der Waals surface area contributed by atoms with Gasteiger partial charge in [-0.3, -0.25) is 9.59 Å². The maximum Gasteiger partial charge on any atom is 0.344 e. The first-order chi connectivity index (χ1) is 20.4. The van der Waals surface area contributed by atoms with Crippen LogP contribution in [-0.4, -0.2) is 49.9 Å². The second kappa shape index (κ2) is 17.9. The third-order valence-corrected chi connectivity index (χ3v) is 7.81. The Morgan fingerprint density at radius 2 is 0.977 bits per heavy atom. The Morgan fingerprint density at radius 1 is 0.605 bits per heavy atom. The summed E-state index contributed by atoms with van der Waals surface area (Å²) in [5.41, 5.74) is 1.20. The molecule has 0 atom stereocenters. The molecule has 0 saturated heterocycles. The lowest BCUT2D eigenvalue weighted by Gasteiger charge is -2.12. The van der Waals surface area contributed by atoms with E-state index in [0.29, 0.717) is 43.3 Å². The van der Waals surface area contributed by atoms with Gasteiger partial charge >= 0.3 is 11.9 Å². The molecular weight excluding hydrogens is 642 g/mol. The van der Waals surface area contributed by atoms with Crippen LogP contribution in [0.5, 0.6) is 11.5 Å². The smallest absolute Gasteiger partial charge is 0.344 e. The van der Waals surface area contributed by atoms with Crippen molar-refractivity contribution in [1.82, 2.24) is 0 Å². The highest BCUT2D eigenvalue weighted by atomic mass is 35.5. The zero-order chi connectivity index (χ0) is 32.1. The van der Waals surface area contributed by atoms with Gasteiger partial charge in [0.1, 0.15) is 21.5 Å². The Morgan fingerprint density at radius 3 is 1.33 bits per heavy atom. The van der Waals surface area contributed by atoms with Crippen molar-refractivity contribution in [2.75, 3.05) is 26.4 Å². The highest BCUT2D eigenvalue weighted by Gasteiger charge is 2.20. The Bertz CT molecular complexity index is 1280. The van der Waals surface area contributed by atoms with Crippen LogP contribution < -0.4 is 9.47 Å². The number of ketones is 2. The average molecular weight is 674 g/mol. The molecule has 2 aromatic carbocycles. The number of Topliss-reactive ketones (excluding diaryl/α,β-unsaturated/α-hetero) is 2. The van der Waals surface area contributed by atoms with Gasteiger partial charge in [0.15, 0.2) is 24.8 Å². The first kappa shape index (κ1) is 36.2. The van der Waals surface area contributed by atoms with Crippen LogP contribution >= 0.6 is 46.4 Å². The molecule has 0 fully saturated rings. The van der Waals surface area contributed by atoms with Gasteiger partial charge < -0.3 is 18.9 Å². The number of ether oxygens (including phenoxy) is 4. The van der Waals surface area contributed by atoms with Gasteiger partial charge in [-0.2, -0.15) is 0 Å². The number of halogens is 4. The number of carbonyl (C=O) groups is 4. The van der Waals surface area contributed by atoms with Gasteiger partial charge in [-0.1, -0.05) is 73.4 Å². The number of rotatable bonds is 18. The minimum atomic E-state index is -0.610. The summed E-state index contributed by atoms with van der Waals surface area (Å²) in [6.45, 7) is 10.5. The highest BCUT2D eigenvalue weighted by Crippen LogP contribution is 2.37. The molecule has 232 valence electrons. The lowest BCUT2D eigenvalue weighted by atomic mass is 10.0. The van der Waals surface area contributed by atoms with Crippen molar-refractivity contribution in [3.05, 3.63) is 79.8 Å². The predicted molar refractivity (Wildman–Crippen MR) is 167 cm³/mol. The normalized spacial score (nSPS) is 10.6. The minimum Gasteiger partial charge on any atom is -0.480 e. The standard InChI is InChI=1S/C31H32Cl4O8/c1-5-18(3)30(38)20-10-12-22(28(34)26(20)32)42-16-24(36)40-14-8-7-9-15-41-25(37)17-43-23-13-11-21(27(33)29(23)35)31(39)19(4)6-2/h10-13H,3-9,14-17H2,1-2H3. The first-order valence-corrected chi connectivity index (χ1v) is 14.9. The molecule has 0 N–H and O–H groups in total. The Labute approximate surface area is 270 Å². The fourth-order valence-electron chi connectivity index (χ4n) is 3.45. The van der Waals surface area contributed by atoms with Crippen molar-refractivity contribution in [3.8, 4) is 11.5 Å². The van der Waals surface area contributed by atoms with Gasteiger partial charge in [-0.05, 0) is 67.5 Å². The molecular formula is C31H32Cl4O8. The van der Waals surface area contributed by atoms with E-state index in [2.05, 4.69) is 13.2 Å². The predicted octanol–water partition coefficient (Wildman–Crippen LogP) is 8.31. The minimum absolute atomic E-state index is 0.0134. The quantitative estimate of drug-likeness (QED) is 0.0673. The fourth-order valence-corrected chi connectivity index (χ4v) is 4.37. The summed E-state index contributed by atoms with van der Waals surface area (Å²) < 4.78 is 21.1. The van der Waals surface area contributed by atoms with E-state index in [9.17, 15) is 19.2 Å². The molecule has 0 aromatic heterocycles. The van der Waals surface area contributed by atoms with Gasteiger partial charge in [-0.25, -0.2) is 9.59 Å². The second-order valence-electron chi connectivity index (χ2n) is 9.13. The Hall–Kier alpha value is -3.04. The molecule has 0 saturated carbocycles. The van der Waals surface area contributed by atoms with Crippen molar-refractivity contribution in [1.29, 1.82) is 0 Å². The van der Waals surface area contributed by atoms with Crippen LogP contribution in [0.4, 0.5) is 0 Å². The first-order valence-electron chi connectivity index (χ1n) is 13.4. The van der Waals surface area contributed by atoms with Gasteiger partial charge in [0.2, 0.25) is 0 Å². The van der Waals surface area contributed by atoms with Gasteiger partial charge in [-0.15, -0.1) is 0 Å². The number of hydrogen-bond donors (Lipinski definition) is 0. The molecule has 0 aliphatic rings. The van der Waals surface area contributed by atoms with E-state index in [1.165, 1.54) is 24.3 Å². The van der Waals surface area contributed by atoms with Crippen LogP contribution in [-0.2, 0) is 19.1 Å². The summed E-state index contributed by atoms with van der Waals surface area (Å²) in [6.07, 6.45) is 2.64. The summed E-state index contributed by atoms with van der Waals surface area (Å²) in [4.78, 5) is 48.7. The number of esters is 2. The second-order valence-corrected chi connectivity index (χ2v) is 10.6. The number of carbonyl (C=O) groups excluding carboxylic acids is 4. The lowest BCUT2D eigenvalue weighted by Crippen LogP contribution is -2.17. The zero-order valence-corrected chi connectivity index (χ0v) is 26.9. The SMILES string of the molecule is C=C(CC)C(=O)c1ccc(OCC(=O)OCCCCCOC(=O)COc2ccc(C(=O)C(=C)CC)c(Cl)c2Cl)c(Cl)c1Cl. The molecule has 0 spiro atoms. The summed E-state index contributed by atoms with van der Waals surface area (Å²) in [5, 5.41) is 0.0706. The van der Waals surface area contributed by atoms with Crippen molar-refractivity contribution < 1.29 is 38.1 Å². The molecule has 0 radical (unpaired) electrons. The molecule has 0 bridgehead atoms. The van der Waals surface area contributed by atoms with E-state index in [-0.39, 0.29) is 67.5 Å². The summed E-state index contributed by atoms with van der Waals surface area (Å²) in [5.74, 6) is -1.56. The highest BCUT2D eigenvalue weighted by molar-refractivity contribution is 6.46. The Balaban J connectivity index is 1.65. The van der Waals surface area contributed by atoms with Gasteiger partial charge in [0.25, 0.3) is 0 Å². The largest absolute Gasteiger partial charge is 0.480 e. The molecule has 2 aromatic rings. The third-order valence-electron chi connectivity index (χ3n) is 6.08. The van der Waals surface area contributed by atoms with Gasteiger partial charge in [0, 0.05) is 11.1 Å². The molecule has 0 heterocycles. The summed E-state index contributed by atoms with van der Waals surface area (Å²) >= 11 is 24.8. The van der Waals surface area contributed by atoms with E-state index in [1.807, 2.05) is 0 Å². The van der Waals surface area contributed by atoms with Crippen LogP contribution in [0.25, 0.3) is 0 Å². The maximum atomic E-state index is 12.3. The topological polar surface area (TPSA) is 105 Å². The van der Waals surface area contributed by atoms with E-state index >= 15 is 0 Å². The zero-order valence-electron chi connectivity index (χ0n) is 23.9. The van der Waals surface area contributed by atoms with Crippen LogP contribution in [0.15, 0.2) is 48.6 Å². The van der Waals surface area contributed by atoms with Crippen LogP contribution in [0.2, 0.25) is 20.1 Å². The molecule has 0 aliphatic heterocycles. The molecule has 8 nitrogen and oxygen atoms in total. The molecule has 0 amide bonds. The molecule has 0 aliphatic carbocycles. The van der Waals surface area contributed by atoms with E-state index in [0.717, 1.165) is 0 Å². The van der Waals surface area contributed by atoms with Crippen molar-refractivity contribution in [2.45, 2.75) is 46.0 Å². The number of benzene rings is 2.